The van der Waals surface area contributed by atoms with Crippen LogP contribution < -0.4 is 16.0 Å². The molecule has 4 atom stereocenters. The highest BCUT2D eigenvalue weighted by atomic mass is 19.3. The van der Waals surface area contributed by atoms with Gasteiger partial charge in [-0.1, -0.05) is 55.8 Å². The minimum Gasteiger partial charge on any atom is -0.481 e. The maximum atomic E-state index is 13.9. The van der Waals surface area contributed by atoms with Gasteiger partial charge in [-0.05, 0) is 56.4 Å². The number of carbonyl (C=O) groups is 5. The number of likely N-dealkylation sites (tertiary alicyclic amines) is 1. The summed E-state index contributed by atoms with van der Waals surface area (Å²) in [5, 5.41) is 16.8. The van der Waals surface area contributed by atoms with Crippen LogP contribution >= 0.6 is 0 Å². The molecule has 0 unspecified atom stereocenters. The molecule has 1 aromatic carbocycles. The summed E-state index contributed by atoms with van der Waals surface area (Å²) in [6.07, 6.45) is 1.53. The number of carboxylic acid groups (broad SMARTS) is 1. The first-order chi connectivity index (χ1) is 21.9. The Kier molecular flexibility index (Phi) is 14.4. The van der Waals surface area contributed by atoms with Crippen LogP contribution in [-0.2, 0) is 23.9 Å². The van der Waals surface area contributed by atoms with Crippen molar-refractivity contribution in [2.75, 3.05) is 19.7 Å². The number of nitrogens with one attached hydrogen (secondary N) is 3. The molecule has 0 aromatic heterocycles. The quantitative estimate of drug-likeness (QED) is 0.197. The van der Waals surface area contributed by atoms with E-state index < -0.39 is 67.2 Å². The summed E-state index contributed by atoms with van der Waals surface area (Å²) in [6, 6.07) is 5.09. The van der Waals surface area contributed by atoms with E-state index in [-0.39, 0.29) is 44.4 Å². The molecule has 1 aromatic rings. The lowest BCUT2D eigenvalue weighted by atomic mass is 9.96. The molecule has 11 nitrogen and oxygen atoms in total. The van der Waals surface area contributed by atoms with Gasteiger partial charge in [0.25, 0.3) is 0 Å². The van der Waals surface area contributed by atoms with E-state index in [4.69, 9.17) is 4.74 Å². The molecular formula is C33H46F2N4O7. The predicted octanol–water partition coefficient (Wildman–Crippen LogP) is 4.13. The molecule has 254 valence electrons. The van der Waals surface area contributed by atoms with E-state index in [9.17, 15) is 37.9 Å². The van der Waals surface area contributed by atoms with Gasteiger partial charge in [-0.2, -0.15) is 0 Å². The molecule has 1 heterocycles. The van der Waals surface area contributed by atoms with Crippen LogP contribution in [0, 0.1) is 5.92 Å². The molecule has 13 heteroatoms. The van der Waals surface area contributed by atoms with Crippen molar-refractivity contribution in [3.8, 4) is 0 Å². The van der Waals surface area contributed by atoms with Gasteiger partial charge in [0, 0.05) is 31.8 Å². The smallest absolute Gasteiger partial charge is 0.407 e. The average Bonchev–Trinajstić information content (AvgIpc) is 3.48. The van der Waals surface area contributed by atoms with Gasteiger partial charge in [-0.15, -0.1) is 0 Å². The molecule has 4 amide bonds. The zero-order valence-corrected chi connectivity index (χ0v) is 26.5. The summed E-state index contributed by atoms with van der Waals surface area (Å²) in [6.45, 7) is 4.02. The third kappa shape index (κ3) is 11.7. The second-order valence-electron chi connectivity index (χ2n) is 12.3. The van der Waals surface area contributed by atoms with E-state index in [1.54, 1.807) is 0 Å². The first kappa shape index (κ1) is 36.4. The first-order valence-corrected chi connectivity index (χ1v) is 16.0. The second kappa shape index (κ2) is 18.2. The molecule has 1 aliphatic carbocycles. The standard InChI is InChI=1S/C33H46F2N4O7/c1-21(2)20-46-33(45)38-25(13-14-29(40)41)32(44)39-19-24(23-11-7-4-8-12-23)17-27(39)31(43)37-26(18-28(34)35)30(42)36-16-15-22-9-5-3-6-10-22/h4,7-9,11-12,21,24-28H,3,5-6,10,13-20H2,1-2H3,(H,36,42)(H,37,43)(H,38,45)(H,40,41)/t24-,25+,26+,27+/m1/s1. The van der Waals surface area contributed by atoms with Crippen molar-refractivity contribution >= 4 is 29.8 Å². The van der Waals surface area contributed by atoms with Crippen molar-refractivity contribution < 1.29 is 42.6 Å². The maximum Gasteiger partial charge on any atom is 0.407 e. The van der Waals surface area contributed by atoms with Gasteiger partial charge in [0.05, 0.1) is 6.61 Å². The van der Waals surface area contributed by atoms with Crippen LogP contribution in [0.15, 0.2) is 42.0 Å². The highest BCUT2D eigenvalue weighted by Gasteiger charge is 2.43. The summed E-state index contributed by atoms with van der Waals surface area (Å²) in [5.74, 6) is -3.73. The van der Waals surface area contributed by atoms with Crippen LogP contribution in [0.1, 0.15) is 83.1 Å². The van der Waals surface area contributed by atoms with Crippen molar-refractivity contribution in [1.29, 1.82) is 0 Å². The number of allylic oxidation sites excluding steroid dienone is 1. The fourth-order valence-electron chi connectivity index (χ4n) is 5.73. The number of benzene rings is 1. The SMILES string of the molecule is CC(C)COC(=O)N[C@@H](CCC(=O)O)C(=O)N1C[C@H](c2ccccc2)C[C@H]1C(=O)N[C@@H](CC(F)F)C(=O)NCCC1=CCCCC1. The van der Waals surface area contributed by atoms with Crippen LogP contribution in [0.5, 0.6) is 0 Å². The Morgan fingerprint density at radius 3 is 2.41 bits per heavy atom. The van der Waals surface area contributed by atoms with Crippen LogP contribution in [0.2, 0.25) is 0 Å². The third-order valence-corrected chi connectivity index (χ3v) is 8.12. The van der Waals surface area contributed by atoms with Gasteiger partial charge >= 0.3 is 12.1 Å². The van der Waals surface area contributed by atoms with Crippen molar-refractivity contribution in [2.24, 2.45) is 5.92 Å². The van der Waals surface area contributed by atoms with E-state index >= 15 is 0 Å². The molecular weight excluding hydrogens is 602 g/mol. The van der Waals surface area contributed by atoms with Gasteiger partial charge in [-0.3, -0.25) is 19.2 Å². The molecule has 46 heavy (non-hydrogen) atoms. The number of carboxylic acids is 1. The van der Waals surface area contributed by atoms with Crippen molar-refractivity contribution in [3.05, 3.63) is 47.5 Å². The van der Waals surface area contributed by atoms with Gasteiger partial charge in [-0.25, -0.2) is 13.6 Å². The Labute approximate surface area is 268 Å². The fourth-order valence-corrected chi connectivity index (χ4v) is 5.73. The first-order valence-electron chi connectivity index (χ1n) is 16.0. The molecule has 0 bridgehead atoms. The van der Waals surface area contributed by atoms with Crippen LogP contribution in [-0.4, -0.2) is 84.0 Å². The number of alkyl carbamates (subject to hydrolysis) is 1. The van der Waals surface area contributed by atoms with Gasteiger partial charge in [0.2, 0.25) is 24.1 Å². The molecule has 0 radical (unpaired) electrons. The van der Waals surface area contributed by atoms with E-state index in [0.29, 0.717) is 6.42 Å². The topological polar surface area (TPSA) is 154 Å². The van der Waals surface area contributed by atoms with Gasteiger partial charge in [0.1, 0.15) is 18.1 Å². The van der Waals surface area contributed by atoms with E-state index in [1.165, 1.54) is 10.5 Å². The second-order valence-corrected chi connectivity index (χ2v) is 12.3. The normalized spacial score (nSPS) is 19.3. The zero-order valence-electron chi connectivity index (χ0n) is 26.5. The predicted molar refractivity (Wildman–Crippen MR) is 166 cm³/mol. The molecule has 2 aliphatic rings. The lowest BCUT2D eigenvalue weighted by molar-refractivity contribution is -0.142. The summed E-state index contributed by atoms with van der Waals surface area (Å²) >= 11 is 0. The number of amides is 4. The van der Waals surface area contributed by atoms with Crippen molar-refractivity contribution in [3.63, 3.8) is 0 Å². The van der Waals surface area contributed by atoms with Crippen molar-refractivity contribution in [1.82, 2.24) is 20.9 Å². The molecule has 1 fully saturated rings. The largest absolute Gasteiger partial charge is 0.481 e. The van der Waals surface area contributed by atoms with Gasteiger partial charge < -0.3 is 30.7 Å². The van der Waals surface area contributed by atoms with Crippen molar-refractivity contribution in [2.45, 2.75) is 102 Å². The Hall–Kier alpha value is -4.03. The van der Waals surface area contributed by atoms with Crippen LogP contribution in [0.3, 0.4) is 0 Å². The Morgan fingerprint density at radius 1 is 1.04 bits per heavy atom. The number of rotatable bonds is 16. The van der Waals surface area contributed by atoms with Crippen LogP contribution in [0.25, 0.3) is 0 Å². The average molecular weight is 649 g/mol. The number of alkyl halides is 2. The summed E-state index contributed by atoms with van der Waals surface area (Å²) in [7, 11) is 0. The molecule has 3 rings (SSSR count). The fraction of sp³-hybridized carbons (Fsp3) is 0.606. The molecule has 1 aliphatic heterocycles. The maximum absolute atomic E-state index is 13.9. The number of ether oxygens (including phenoxy) is 1. The lowest BCUT2D eigenvalue weighted by Gasteiger charge is -2.29. The zero-order chi connectivity index (χ0) is 33.6. The summed E-state index contributed by atoms with van der Waals surface area (Å²) < 4.78 is 32.3. The molecule has 0 saturated carbocycles. The number of carbonyl (C=O) groups excluding carboxylic acids is 4. The highest BCUT2D eigenvalue weighted by Crippen LogP contribution is 2.33. The summed E-state index contributed by atoms with van der Waals surface area (Å²) in [5.41, 5.74) is 2.04. The third-order valence-electron chi connectivity index (χ3n) is 8.12. The number of hydrogen-bond acceptors (Lipinski definition) is 6. The summed E-state index contributed by atoms with van der Waals surface area (Å²) in [4.78, 5) is 65.6. The van der Waals surface area contributed by atoms with E-state index in [0.717, 1.165) is 31.2 Å². The highest BCUT2D eigenvalue weighted by molar-refractivity contribution is 5.94. The minimum atomic E-state index is -2.88. The van der Waals surface area contributed by atoms with Crippen LogP contribution in [0.4, 0.5) is 13.6 Å². The number of hydrogen-bond donors (Lipinski definition) is 4. The number of nitrogens with zero attached hydrogens (tertiary/aromatic N) is 1. The van der Waals surface area contributed by atoms with E-state index in [1.807, 2.05) is 44.2 Å². The van der Waals surface area contributed by atoms with Gasteiger partial charge in [0.15, 0.2) is 0 Å². The Morgan fingerprint density at radius 2 is 1.78 bits per heavy atom. The molecule has 4 N–H and O–H groups in total. The van der Waals surface area contributed by atoms with E-state index in [2.05, 4.69) is 22.0 Å². The number of aliphatic carboxylic acids is 1. The Balaban J connectivity index is 1.79. The monoisotopic (exact) mass is 648 g/mol. The minimum absolute atomic E-state index is 0.0138. The Bertz CT molecular complexity index is 1230. The lowest BCUT2D eigenvalue weighted by Crippen LogP contribution is -2.56. The molecule has 0 spiro atoms. The number of halogens is 2. The molecule has 1 saturated heterocycles.